The molecule has 0 aromatic heterocycles. The minimum atomic E-state index is -0.603. The number of methoxy groups -OCH3 is 1. The molecule has 4 heteroatoms. The Morgan fingerprint density at radius 3 is 2.71 bits per heavy atom. The largest absolute Gasteiger partial charge is 0.496 e. The standard InChI is InChI=1S/C17H19BrO3/c1-3-21-15-6-4-5-12(10-15)16(19)11-13-9-14(18)7-8-17(13)20-2/h4-10,16,19H,3,11H2,1-2H3. The number of rotatable bonds is 6. The number of hydrogen-bond acceptors (Lipinski definition) is 3. The van der Waals surface area contributed by atoms with Crippen molar-refractivity contribution in [2.24, 2.45) is 0 Å². The van der Waals surface area contributed by atoms with Crippen LogP contribution in [0.1, 0.15) is 24.2 Å². The molecule has 0 heterocycles. The van der Waals surface area contributed by atoms with Gasteiger partial charge in [-0.1, -0.05) is 28.1 Å². The summed E-state index contributed by atoms with van der Waals surface area (Å²) in [4.78, 5) is 0. The summed E-state index contributed by atoms with van der Waals surface area (Å²) in [6, 6.07) is 13.3. The second-order valence-corrected chi connectivity index (χ2v) is 5.60. The van der Waals surface area contributed by atoms with Crippen LogP contribution in [0.25, 0.3) is 0 Å². The highest BCUT2D eigenvalue weighted by molar-refractivity contribution is 9.10. The summed E-state index contributed by atoms with van der Waals surface area (Å²) < 4.78 is 11.8. The minimum absolute atomic E-state index is 0.484. The summed E-state index contributed by atoms with van der Waals surface area (Å²) in [5.41, 5.74) is 1.80. The van der Waals surface area contributed by atoms with Gasteiger partial charge >= 0.3 is 0 Å². The Hall–Kier alpha value is -1.52. The van der Waals surface area contributed by atoms with E-state index >= 15 is 0 Å². The van der Waals surface area contributed by atoms with Gasteiger partial charge in [0.2, 0.25) is 0 Å². The molecule has 0 saturated carbocycles. The van der Waals surface area contributed by atoms with Gasteiger partial charge in [-0.3, -0.25) is 0 Å². The predicted molar refractivity (Wildman–Crippen MR) is 87.0 cm³/mol. The molecule has 0 bridgehead atoms. The van der Waals surface area contributed by atoms with Crippen molar-refractivity contribution in [3.63, 3.8) is 0 Å². The molecule has 3 nitrogen and oxygen atoms in total. The fourth-order valence-electron chi connectivity index (χ4n) is 2.21. The quantitative estimate of drug-likeness (QED) is 0.850. The maximum Gasteiger partial charge on any atom is 0.122 e. The predicted octanol–water partition coefficient (Wildman–Crippen LogP) is 4.13. The maximum absolute atomic E-state index is 10.5. The van der Waals surface area contributed by atoms with E-state index in [1.54, 1.807) is 7.11 Å². The van der Waals surface area contributed by atoms with E-state index in [0.29, 0.717) is 13.0 Å². The fraction of sp³-hybridized carbons (Fsp3) is 0.294. The summed E-state index contributed by atoms with van der Waals surface area (Å²) in [7, 11) is 1.63. The molecule has 0 fully saturated rings. The second-order valence-electron chi connectivity index (χ2n) is 4.68. The van der Waals surface area contributed by atoms with Crippen molar-refractivity contribution in [2.75, 3.05) is 13.7 Å². The lowest BCUT2D eigenvalue weighted by Crippen LogP contribution is -2.04. The van der Waals surface area contributed by atoms with Gasteiger partial charge in [0.25, 0.3) is 0 Å². The van der Waals surface area contributed by atoms with Crippen LogP contribution in [0.3, 0.4) is 0 Å². The highest BCUT2D eigenvalue weighted by atomic mass is 79.9. The number of halogens is 1. The molecule has 0 radical (unpaired) electrons. The molecule has 112 valence electrons. The molecule has 1 unspecified atom stereocenters. The third kappa shape index (κ3) is 4.22. The van der Waals surface area contributed by atoms with E-state index in [1.165, 1.54) is 0 Å². The molecule has 1 N–H and O–H groups in total. The zero-order valence-corrected chi connectivity index (χ0v) is 13.8. The molecular weight excluding hydrogens is 332 g/mol. The van der Waals surface area contributed by atoms with Gasteiger partial charge in [0.15, 0.2) is 0 Å². The third-order valence-electron chi connectivity index (χ3n) is 3.21. The van der Waals surface area contributed by atoms with Gasteiger partial charge in [-0.15, -0.1) is 0 Å². The lowest BCUT2D eigenvalue weighted by atomic mass is 10.0. The van der Waals surface area contributed by atoms with E-state index in [4.69, 9.17) is 9.47 Å². The number of benzene rings is 2. The van der Waals surface area contributed by atoms with Crippen LogP contribution in [0.4, 0.5) is 0 Å². The summed E-state index contributed by atoms with van der Waals surface area (Å²) in [6.07, 6.45) is -0.119. The topological polar surface area (TPSA) is 38.7 Å². The highest BCUT2D eigenvalue weighted by Crippen LogP contribution is 2.29. The van der Waals surface area contributed by atoms with Crippen LogP contribution in [-0.4, -0.2) is 18.8 Å². The average molecular weight is 351 g/mol. The van der Waals surface area contributed by atoms with E-state index in [9.17, 15) is 5.11 Å². The summed E-state index contributed by atoms with van der Waals surface area (Å²) in [5, 5.41) is 10.5. The Morgan fingerprint density at radius 1 is 1.19 bits per heavy atom. The van der Waals surface area contributed by atoms with Gasteiger partial charge in [-0.2, -0.15) is 0 Å². The number of aliphatic hydroxyl groups is 1. The van der Waals surface area contributed by atoms with Gasteiger partial charge in [0, 0.05) is 10.9 Å². The van der Waals surface area contributed by atoms with E-state index in [0.717, 1.165) is 27.1 Å². The van der Waals surface area contributed by atoms with Gasteiger partial charge in [0.1, 0.15) is 11.5 Å². The number of aliphatic hydroxyl groups excluding tert-OH is 1. The van der Waals surface area contributed by atoms with Crippen LogP contribution in [0, 0.1) is 0 Å². The molecule has 0 saturated heterocycles. The van der Waals surface area contributed by atoms with E-state index in [1.807, 2.05) is 49.4 Å². The Labute approximate surface area is 133 Å². The first-order chi connectivity index (χ1) is 10.1. The van der Waals surface area contributed by atoms with E-state index in [2.05, 4.69) is 15.9 Å². The number of ether oxygens (including phenoxy) is 2. The minimum Gasteiger partial charge on any atom is -0.496 e. The second kappa shape index (κ2) is 7.48. The van der Waals surface area contributed by atoms with Gasteiger partial charge in [-0.25, -0.2) is 0 Å². The van der Waals surface area contributed by atoms with Gasteiger partial charge in [0.05, 0.1) is 19.8 Å². The zero-order valence-electron chi connectivity index (χ0n) is 12.2. The average Bonchev–Trinajstić information content (AvgIpc) is 2.48. The van der Waals surface area contributed by atoms with Crippen LogP contribution in [-0.2, 0) is 6.42 Å². The first-order valence-electron chi connectivity index (χ1n) is 6.87. The van der Waals surface area contributed by atoms with Crippen molar-refractivity contribution in [1.82, 2.24) is 0 Å². The molecule has 2 rings (SSSR count). The molecule has 0 aliphatic heterocycles. The molecule has 0 aliphatic rings. The molecule has 0 amide bonds. The van der Waals surface area contributed by atoms with Crippen molar-refractivity contribution >= 4 is 15.9 Å². The molecule has 2 aromatic rings. The lowest BCUT2D eigenvalue weighted by molar-refractivity contribution is 0.176. The SMILES string of the molecule is CCOc1cccc(C(O)Cc2cc(Br)ccc2OC)c1. The fourth-order valence-corrected chi connectivity index (χ4v) is 2.62. The van der Waals surface area contributed by atoms with Crippen LogP contribution < -0.4 is 9.47 Å². The van der Waals surface area contributed by atoms with Crippen molar-refractivity contribution in [2.45, 2.75) is 19.4 Å². The molecular formula is C17H19BrO3. The first kappa shape index (κ1) is 15.9. The smallest absolute Gasteiger partial charge is 0.122 e. The highest BCUT2D eigenvalue weighted by Gasteiger charge is 2.13. The molecule has 21 heavy (non-hydrogen) atoms. The Bertz CT molecular complexity index is 598. The first-order valence-corrected chi connectivity index (χ1v) is 7.66. The zero-order chi connectivity index (χ0) is 15.2. The number of hydrogen-bond donors (Lipinski definition) is 1. The van der Waals surface area contributed by atoms with Crippen molar-refractivity contribution in [3.8, 4) is 11.5 Å². The maximum atomic E-state index is 10.5. The molecule has 0 spiro atoms. The van der Waals surface area contributed by atoms with E-state index < -0.39 is 6.10 Å². The monoisotopic (exact) mass is 350 g/mol. The van der Waals surface area contributed by atoms with E-state index in [-0.39, 0.29) is 0 Å². The van der Waals surface area contributed by atoms with Gasteiger partial charge in [-0.05, 0) is 48.4 Å². The Balaban J connectivity index is 2.19. The normalized spacial score (nSPS) is 12.0. The summed E-state index contributed by atoms with van der Waals surface area (Å²) in [5.74, 6) is 1.55. The molecule has 0 aliphatic carbocycles. The van der Waals surface area contributed by atoms with Crippen LogP contribution in [0.2, 0.25) is 0 Å². The van der Waals surface area contributed by atoms with Crippen molar-refractivity contribution in [1.29, 1.82) is 0 Å². The summed E-state index contributed by atoms with van der Waals surface area (Å²) >= 11 is 3.45. The van der Waals surface area contributed by atoms with Crippen LogP contribution in [0.5, 0.6) is 11.5 Å². The van der Waals surface area contributed by atoms with Crippen molar-refractivity contribution in [3.05, 3.63) is 58.1 Å². The Kier molecular flexibility index (Phi) is 5.65. The van der Waals surface area contributed by atoms with Gasteiger partial charge < -0.3 is 14.6 Å². The Morgan fingerprint density at radius 2 is 2.00 bits per heavy atom. The lowest BCUT2D eigenvalue weighted by Gasteiger charge is -2.15. The van der Waals surface area contributed by atoms with Crippen molar-refractivity contribution < 1.29 is 14.6 Å². The summed E-state index contributed by atoms with van der Waals surface area (Å²) in [6.45, 7) is 2.55. The molecule has 1 atom stereocenters. The molecule has 2 aromatic carbocycles. The third-order valence-corrected chi connectivity index (χ3v) is 3.70. The van der Waals surface area contributed by atoms with Crippen LogP contribution in [0.15, 0.2) is 46.9 Å². The van der Waals surface area contributed by atoms with Crippen LogP contribution >= 0.6 is 15.9 Å².